The van der Waals surface area contributed by atoms with Gasteiger partial charge < -0.3 is 15.4 Å². The molecule has 10 heteroatoms. The summed E-state index contributed by atoms with van der Waals surface area (Å²) < 4.78 is 29.2. The van der Waals surface area contributed by atoms with Crippen LogP contribution in [0.1, 0.15) is 21.6 Å². The van der Waals surface area contributed by atoms with E-state index in [1.807, 2.05) is 13.0 Å². The lowest BCUT2D eigenvalue weighted by molar-refractivity contribution is 0.0698. The minimum absolute atomic E-state index is 0.0767. The Bertz CT molecular complexity index is 1520. The molecule has 0 bridgehead atoms. The summed E-state index contributed by atoms with van der Waals surface area (Å²) in [7, 11) is 0. The van der Waals surface area contributed by atoms with Crippen molar-refractivity contribution >= 4 is 28.3 Å². The number of pyridine rings is 1. The molecule has 4 heterocycles. The highest BCUT2D eigenvalue weighted by Gasteiger charge is 2.18. The number of halogens is 2. The second-order valence-corrected chi connectivity index (χ2v) is 7.58. The minimum atomic E-state index is -1.17. The molecular weight excluding hydrogens is 430 g/mol. The lowest BCUT2D eigenvalue weighted by atomic mass is 10.1. The second kappa shape index (κ2) is 7.97. The number of hydrogen-bond acceptors (Lipinski definition) is 5. The molecule has 0 unspecified atom stereocenters. The maximum absolute atomic E-state index is 14.1. The number of rotatable bonds is 6. The van der Waals surface area contributed by atoms with Crippen molar-refractivity contribution in [3.05, 3.63) is 77.4 Å². The van der Waals surface area contributed by atoms with E-state index in [0.29, 0.717) is 35.6 Å². The van der Waals surface area contributed by atoms with Crippen LogP contribution in [0.2, 0.25) is 0 Å². The number of carboxylic acids is 1. The molecule has 0 radical (unpaired) electrons. The number of hydrogen-bond donors (Lipinski definition) is 3. The summed E-state index contributed by atoms with van der Waals surface area (Å²) in [5, 5.41) is 17.7. The molecule has 0 saturated heterocycles. The topological polar surface area (TPSA) is 108 Å². The molecule has 0 saturated carbocycles. The Kier molecular flexibility index (Phi) is 4.97. The van der Waals surface area contributed by atoms with Crippen molar-refractivity contribution in [3.63, 3.8) is 0 Å². The van der Waals surface area contributed by atoms with Crippen LogP contribution in [0.25, 0.3) is 27.8 Å². The summed E-state index contributed by atoms with van der Waals surface area (Å²) in [6.45, 7) is 2.34. The van der Waals surface area contributed by atoms with E-state index in [9.17, 15) is 18.7 Å². The first-order valence-corrected chi connectivity index (χ1v) is 10.1. The van der Waals surface area contributed by atoms with E-state index in [-0.39, 0.29) is 17.0 Å². The van der Waals surface area contributed by atoms with Crippen LogP contribution in [-0.4, -0.2) is 42.2 Å². The molecule has 33 heavy (non-hydrogen) atoms. The van der Waals surface area contributed by atoms with Gasteiger partial charge in [0.25, 0.3) is 0 Å². The predicted molar refractivity (Wildman–Crippen MR) is 118 cm³/mol. The standard InChI is InChI=1S/C23H18F2N6O2/c1-12-15(16-3-2-4-18(25)21(16)29-12)5-6-27-20-8-19(13-7-14(24)10-26-9-13)30-22-17(23(32)33)11-28-31(20)22/h2-4,7-11,27,29H,5-6H2,1H3,(H,32,33). The SMILES string of the molecule is Cc1[nH]c2c(F)cccc2c1CCNc1cc(-c2cncc(F)c2)nc2c(C(=O)O)cnn12. The van der Waals surface area contributed by atoms with Gasteiger partial charge in [0, 0.05) is 35.5 Å². The van der Waals surface area contributed by atoms with Crippen LogP contribution >= 0.6 is 0 Å². The van der Waals surface area contributed by atoms with E-state index in [4.69, 9.17) is 0 Å². The molecular formula is C23H18F2N6O2. The number of para-hydroxylation sites is 1. The van der Waals surface area contributed by atoms with Gasteiger partial charge in [0.15, 0.2) is 5.65 Å². The Morgan fingerprint density at radius 3 is 2.85 bits per heavy atom. The number of aromatic nitrogens is 5. The molecule has 0 amide bonds. The Balaban J connectivity index is 1.51. The van der Waals surface area contributed by atoms with Gasteiger partial charge in [0.1, 0.15) is 23.0 Å². The van der Waals surface area contributed by atoms with Gasteiger partial charge in [-0.3, -0.25) is 4.98 Å². The number of nitrogens with one attached hydrogen (secondary N) is 2. The molecule has 0 fully saturated rings. The zero-order valence-corrected chi connectivity index (χ0v) is 17.4. The maximum atomic E-state index is 14.1. The monoisotopic (exact) mass is 448 g/mol. The summed E-state index contributed by atoms with van der Waals surface area (Å²) in [5.74, 6) is -1.53. The van der Waals surface area contributed by atoms with Crippen LogP contribution in [0.4, 0.5) is 14.6 Å². The number of nitrogens with zero attached hydrogens (tertiary/aromatic N) is 4. The van der Waals surface area contributed by atoms with Crippen molar-refractivity contribution in [2.45, 2.75) is 13.3 Å². The van der Waals surface area contributed by atoms with E-state index in [2.05, 4.69) is 25.4 Å². The zero-order chi connectivity index (χ0) is 23.1. The molecule has 0 atom stereocenters. The molecule has 3 N–H and O–H groups in total. The van der Waals surface area contributed by atoms with Crippen molar-refractivity contribution in [1.29, 1.82) is 0 Å². The Hall–Kier alpha value is -4.34. The van der Waals surface area contributed by atoms with E-state index in [0.717, 1.165) is 22.8 Å². The first-order chi connectivity index (χ1) is 15.9. The molecule has 1 aromatic carbocycles. The van der Waals surface area contributed by atoms with Crippen LogP contribution in [0, 0.1) is 18.6 Å². The van der Waals surface area contributed by atoms with Gasteiger partial charge in [-0.05, 0) is 31.0 Å². The number of carboxylic acid groups (broad SMARTS) is 1. The largest absolute Gasteiger partial charge is 0.477 e. The maximum Gasteiger partial charge on any atom is 0.341 e. The number of benzene rings is 1. The van der Waals surface area contributed by atoms with Crippen LogP contribution in [0.15, 0.2) is 48.9 Å². The highest BCUT2D eigenvalue weighted by molar-refractivity contribution is 5.94. The molecule has 0 aliphatic heterocycles. The summed E-state index contributed by atoms with van der Waals surface area (Å²) in [4.78, 5) is 22.9. The minimum Gasteiger partial charge on any atom is -0.477 e. The van der Waals surface area contributed by atoms with Gasteiger partial charge in [-0.15, -0.1) is 0 Å². The highest BCUT2D eigenvalue weighted by atomic mass is 19.1. The number of aromatic amines is 1. The lowest BCUT2D eigenvalue weighted by Gasteiger charge is -2.11. The number of H-pyrrole nitrogens is 1. The van der Waals surface area contributed by atoms with Crippen molar-refractivity contribution in [2.24, 2.45) is 0 Å². The Labute approximate surface area is 185 Å². The van der Waals surface area contributed by atoms with E-state index < -0.39 is 11.8 Å². The molecule has 4 aromatic heterocycles. The van der Waals surface area contributed by atoms with Crippen molar-refractivity contribution in [1.82, 2.24) is 24.6 Å². The number of carbonyl (C=O) groups is 1. The molecule has 0 aliphatic rings. The van der Waals surface area contributed by atoms with Crippen molar-refractivity contribution in [3.8, 4) is 11.3 Å². The number of anilines is 1. The number of fused-ring (bicyclic) bond motifs is 2. The fraction of sp³-hybridized carbons (Fsp3) is 0.130. The van der Waals surface area contributed by atoms with Crippen LogP contribution in [-0.2, 0) is 6.42 Å². The lowest BCUT2D eigenvalue weighted by Crippen LogP contribution is -2.11. The quantitative estimate of drug-likeness (QED) is 0.359. The smallest absolute Gasteiger partial charge is 0.341 e. The Morgan fingerprint density at radius 2 is 2.06 bits per heavy atom. The predicted octanol–water partition coefficient (Wildman–Crippen LogP) is 4.21. The number of aryl methyl sites for hydroxylation is 1. The fourth-order valence-corrected chi connectivity index (χ4v) is 3.94. The van der Waals surface area contributed by atoms with Gasteiger partial charge in [0.05, 0.1) is 23.6 Å². The van der Waals surface area contributed by atoms with Gasteiger partial charge in [-0.25, -0.2) is 18.6 Å². The first-order valence-electron chi connectivity index (χ1n) is 10.1. The molecule has 0 aliphatic carbocycles. The molecule has 5 rings (SSSR count). The normalized spacial score (nSPS) is 11.4. The summed E-state index contributed by atoms with van der Waals surface area (Å²) >= 11 is 0. The van der Waals surface area contributed by atoms with Gasteiger partial charge in [-0.2, -0.15) is 9.61 Å². The summed E-state index contributed by atoms with van der Waals surface area (Å²) in [5.41, 5.74) is 3.12. The fourth-order valence-electron chi connectivity index (χ4n) is 3.94. The van der Waals surface area contributed by atoms with E-state index >= 15 is 0 Å². The van der Waals surface area contributed by atoms with Gasteiger partial charge in [0.2, 0.25) is 0 Å². The molecule has 166 valence electrons. The average molecular weight is 448 g/mol. The van der Waals surface area contributed by atoms with Crippen molar-refractivity contribution < 1.29 is 18.7 Å². The molecule has 0 spiro atoms. The third kappa shape index (κ3) is 3.65. The number of aromatic carboxylic acids is 1. The molecule has 5 aromatic rings. The van der Waals surface area contributed by atoms with E-state index in [1.54, 1.807) is 12.1 Å². The Morgan fingerprint density at radius 1 is 1.21 bits per heavy atom. The third-order valence-corrected chi connectivity index (χ3v) is 5.49. The summed E-state index contributed by atoms with van der Waals surface area (Å²) in [6, 6.07) is 7.88. The van der Waals surface area contributed by atoms with E-state index in [1.165, 1.54) is 29.0 Å². The van der Waals surface area contributed by atoms with Gasteiger partial charge >= 0.3 is 5.97 Å². The van der Waals surface area contributed by atoms with Gasteiger partial charge in [-0.1, -0.05) is 12.1 Å². The van der Waals surface area contributed by atoms with Crippen LogP contribution in [0.5, 0.6) is 0 Å². The zero-order valence-electron chi connectivity index (χ0n) is 17.4. The van der Waals surface area contributed by atoms with Crippen LogP contribution < -0.4 is 5.32 Å². The average Bonchev–Trinajstić information content (AvgIpc) is 3.36. The third-order valence-electron chi connectivity index (χ3n) is 5.49. The second-order valence-electron chi connectivity index (χ2n) is 7.58. The molecule has 8 nitrogen and oxygen atoms in total. The van der Waals surface area contributed by atoms with Crippen LogP contribution in [0.3, 0.4) is 0 Å². The highest BCUT2D eigenvalue weighted by Crippen LogP contribution is 2.26. The summed E-state index contributed by atoms with van der Waals surface area (Å²) in [6.07, 6.45) is 4.32. The van der Waals surface area contributed by atoms with Crippen molar-refractivity contribution in [2.75, 3.05) is 11.9 Å². The first kappa shape index (κ1) is 20.6.